The van der Waals surface area contributed by atoms with Crippen molar-refractivity contribution in [2.45, 2.75) is 6.92 Å². The van der Waals surface area contributed by atoms with E-state index in [1.165, 1.54) is 4.57 Å². The van der Waals surface area contributed by atoms with Gasteiger partial charge in [0, 0.05) is 56.2 Å². The topological polar surface area (TPSA) is 107 Å². The van der Waals surface area contributed by atoms with Gasteiger partial charge in [0.2, 0.25) is 5.95 Å². The van der Waals surface area contributed by atoms with Crippen LogP contribution in [0.3, 0.4) is 0 Å². The molecule has 30 heavy (non-hydrogen) atoms. The molecule has 0 bridgehead atoms. The number of aryl methyl sites for hydroxylation is 1. The second kappa shape index (κ2) is 8.07. The van der Waals surface area contributed by atoms with E-state index < -0.39 is 0 Å². The standard InChI is InChI=1S/C20H18BrN7O2/c1-3-22-20(30)26-15-11-28(19-24-9-14(21)10-25-19)16-6-13(8-23-18(15)16)12-4-5-27(2)17(29)7-12/h4-11H,3H2,1-2H3,(H2,22,26,30). The lowest BCUT2D eigenvalue weighted by Gasteiger charge is -2.06. The predicted octanol–water partition coefficient (Wildman–Crippen LogP) is 3.09. The van der Waals surface area contributed by atoms with Crippen LogP contribution in [0, 0.1) is 0 Å². The summed E-state index contributed by atoms with van der Waals surface area (Å²) < 4.78 is 4.01. The summed E-state index contributed by atoms with van der Waals surface area (Å²) in [5.41, 5.74) is 3.20. The van der Waals surface area contributed by atoms with Gasteiger partial charge in [-0.2, -0.15) is 0 Å². The molecular weight excluding hydrogens is 450 g/mol. The first-order valence-corrected chi connectivity index (χ1v) is 9.96. The maximum Gasteiger partial charge on any atom is 0.319 e. The number of carbonyl (C=O) groups is 1. The quantitative estimate of drug-likeness (QED) is 0.479. The molecule has 4 rings (SSSR count). The lowest BCUT2D eigenvalue weighted by Crippen LogP contribution is -2.28. The third kappa shape index (κ3) is 3.81. The van der Waals surface area contributed by atoms with Crippen LogP contribution in [0.2, 0.25) is 0 Å². The van der Waals surface area contributed by atoms with E-state index >= 15 is 0 Å². The van der Waals surface area contributed by atoms with Crippen molar-refractivity contribution in [2.75, 3.05) is 11.9 Å². The number of hydrogen-bond acceptors (Lipinski definition) is 5. The molecule has 0 aliphatic heterocycles. The molecule has 0 saturated carbocycles. The Labute approximate surface area is 179 Å². The van der Waals surface area contributed by atoms with Crippen LogP contribution in [0.15, 0.2) is 58.5 Å². The summed E-state index contributed by atoms with van der Waals surface area (Å²) in [7, 11) is 1.70. The van der Waals surface area contributed by atoms with Gasteiger partial charge in [0.25, 0.3) is 5.56 Å². The molecule has 10 heteroatoms. The summed E-state index contributed by atoms with van der Waals surface area (Å²) in [6, 6.07) is 4.97. The molecule has 4 heterocycles. The van der Waals surface area contributed by atoms with Crippen LogP contribution in [0.4, 0.5) is 10.5 Å². The van der Waals surface area contributed by atoms with Crippen LogP contribution in [0.1, 0.15) is 6.92 Å². The average Bonchev–Trinajstić information content (AvgIpc) is 3.08. The molecule has 0 aromatic carbocycles. The number of nitrogens with one attached hydrogen (secondary N) is 2. The fourth-order valence-corrected chi connectivity index (χ4v) is 3.21. The summed E-state index contributed by atoms with van der Waals surface area (Å²) in [6.07, 6.45) is 8.39. The van der Waals surface area contributed by atoms with Crippen LogP contribution in [0.5, 0.6) is 0 Å². The van der Waals surface area contributed by atoms with Crippen molar-refractivity contribution in [3.63, 3.8) is 0 Å². The molecular formula is C20H18BrN7O2. The summed E-state index contributed by atoms with van der Waals surface area (Å²) in [4.78, 5) is 37.4. The number of carbonyl (C=O) groups excluding carboxylic acids is 1. The minimum Gasteiger partial charge on any atom is -0.338 e. The molecule has 2 amide bonds. The van der Waals surface area contributed by atoms with Gasteiger partial charge >= 0.3 is 6.03 Å². The summed E-state index contributed by atoms with van der Waals surface area (Å²) >= 11 is 3.33. The van der Waals surface area contributed by atoms with Gasteiger partial charge in [-0.15, -0.1) is 0 Å². The number of nitrogens with zero attached hydrogens (tertiary/aromatic N) is 5. The first-order valence-electron chi connectivity index (χ1n) is 9.17. The number of rotatable bonds is 4. The lowest BCUT2D eigenvalue weighted by atomic mass is 10.1. The van der Waals surface area contributed by atoms with Crippen LogP contribution >= 0.6 is 15.9 Å². The van der Waals surface area contributed by atoms with Crippen molar-refractivity contribution in [2.24, 2.45) is 7.05 Å². The number of anilines is 1. The van der Waals surface area contributed by atoms with Gasteiger partial charge in [0.15, 0.2) is 0 Å². The van der Waals surface area contributed by atoms with Crippen LogP contribution in [-0.2, 0) is 7.05 Å². The summed E-state index contributed by atoms with van der Waals surface area (Å²) in [5, 5.41) is 5.51. The molecule has 0 aliphatic rings. The van der Waals surface area contributed by atoms with E-state index in [1.807, 2.05) is 19.1 Å². The van der Waals surface area contributed by atoms with E-state index in [1.54, 1.807) is 48.7 Å². The minimum atomic E-state index is -0.328. The van der Waals surface area contributed by atoms with Crippen molar-refractivity contribution in [3.8, 4) is 17.1 Å². The molecule has 4 aromatic rings. The van der Waals surface area contributed by atoms with E-state index in [0.717, 1.165) is 15.6 Å². The number of amides is 2. The lowest BCUT2D eigenvalue weighted by molar-refractivity contribution is 0.252. The van der Waals surface area contributed by atoms with Gasteiger partial charge in [-0.3, -0.25) is 14.3 Å². The van der Waals surface area contributed by atoms with E-state index in [0.29, 0.717) is 29.2 Å². The highest BCUT2D eigenvalue weighted by Crippen LogP contribution is 2.29. The number of aromatic nitrogens is 5. The van der Waals surface area contributed by atoms with Gasteiger partial charge in [-0.05, 0) is 40.5 Å². The van der Waals surface area contributed by atoms with Crippen molar-refractivity contribution in [3.05, 3.63) is 64.0 Å². The molecule has 0 atom stereocenters. The summed E-state index contributed by atoms with van der Waals surface area (Å²) in [6.45, 7) is 2.34. The smallest absolute Gasteiger partial charge is 0.319 e. The van der Waals surface area contributed by atoms with Crippen molar-refractivity contribution in [1.82, 2.24) is 29.4 Å². The molecule has 0 fully saturated rings. The summed E-state index contributed by atoms with van der Waals surface area (Å²) in [5.74, 6) is 0.426. The van der Waals surface area contributed by atoms with Crippen molar-refractivity contribution >= 4 is 38.7 Å². The molecule has 0 saturated heterocycles. The zero-order chi connectivity index (χ0) is 21.3. The molecule has 2 N–H and O–H groups in total. The van der Waals surface area contributed by atoms with E-state index in [4.69, 9.17) is 0 Å². The molecule has 0 radical (unpaired) electrons. The molecule has 0 unspecified atom stereocenters. The zero-order valence-corrected chi connectivity index (χ0v) is 17.8. The Morgan fingerprint density at radius 2 is 1.90 bits per heavy atom. The number of halogens is 1. The van der Waals surface area contributed by atoms with Gasteiger partial charge in [-0.25, -0.2) is 14.8 Å². The highest BCUT2D eigenvalue weighted by atomic mass is 79.9. The Bertz CT molecular complexity index is 1300. The Kier molecular flexibility index (Phi) is 5.32. The predicted molar refractivity (Wildman–Crippen MR) is 118 cm³/mol. The third-order valence-corrected chi connectivity index (χ3v) is 4.90. The molecule has 152 valence electrons. The van der Waals surface area contributed by atoms with Gasteiger partial charge < -0.3 is 15.2 Å². The van der Waals surface area contributed by atoms with Crippen LogP contribution in [0.25, 0.3) is 28.1 Å². The van der Waals surface area contributed by atoms with Gasteiger partial charge in [0.1, 0.15) is 5.52 Å². The number of fused-ring (bicyclic) bond motifs is 1. The number of pyridine rings is 2. The van der Waals surface area contributed by atoms with Crippen molar-refractivity contribution < 1.29 is 4.79 Å². The fourth-order valence-electron chi connectivity index (χ4n) is 3.00. The second-order valence-electron chi connectivity index (χ2n) is 6.55. The minimum absolute atomic E-state index is 0.113. The fraction of sp³-hybridized carbons (Fsp3) is 0.150. The number of hydrogen-bond donors (Lipinski definition) is 2. The Balaban J connectivity index is 1.88. The number of urea groups is 1. The zero-order valence-electron chi connectivity index (χ0n) is 16.3. The Morgan fingerprint density at radius 3 is 2.60 bits per heavy atom. The maximum atomic E-state index is 12.1. The molecule has 0 spiro atoms. The highest BCUT2D eigenvalue weighted by molar-refractivity contribution is 9.10. The molecule has 0 aliphatic carbocycles. The highest BCUT2D eigenvalue weighted by Gasteiger charge is 2.16. The maximum absolute atomic E-state index is 12.1. The normalized spacial score (nSPS) is 10.9. The largest absolute Gasteiger partial charge is 0.338 e. The van der Waals surface area contributed by atoms with E-state index in [9.17, 15) is 9.59 Å². The van der Waals surface area contributed by atoms with E-state index in [-0.39, 0.29) is 11.6 Å². The van der Waals surface area contributed by atoms with Crippen molar-refractivity contribution in [1.29, 1.82) is 0 Å². The monoisotopic (exact) mass is 467 g/mol. The van der Waals surface area contributed by atoms with Gasteiger partial charge in [-0.1, -0.05) is 0 Å². The second-order valence-corrected chi connectivity index (χ2v) is 7.47. The molecule has 4 aromatic heterocycles. The van der Waals surface area contributed by atoms with Crippen LogP contribution in [-0.4, -0.2) is 36.7 Å². The SMILES string of the molecule is CCNC(=O)Nc1cn(-c2ncc(Br)cn2)c2cc(-c3ccn(C)c(=O)c3)cnc12. The Hall–Kier alpha value is -3.53. The first kappa shape index (κ1) is 19.8. The molecule has 9 nitrogen and oxygen atoms in total. The van der Waals surface area contributed by atoms with Crippen LogP contribution < -0.4 is 16.2 Å². The van der Waals surface area contributed by atoms with Gasteiger partial charge in [0.05, 0.1) is 15.7 Å². The third-order valence-electron chi connectivity index (χ3n) is 4.49. The first-order chi connectivity index (χ1) is 14.5. The Morgan fingerprint density at radius 1 is 1.13 bits per heavy atom. The van der Waals surface area contributed by atoms with E-state index in [2.05, 4.69) is 41.5 Å². The average molecular weight is 468 g/mol.